The van der Waals surface area contributed by atoms with Crippen LogP contribution in [-0.2, 0) is 29.2 Å². The molecule has 0 heterocycles. The lowest BCUT2D eigenvalue weighted by atomic mass is 10.6. The molecule has 4 N–H and O–H groups in total. The Balaban J connectivity index is -0.000000118. The lowest BCUT2D eigenvalue weighted by Crippen LogP contribution is -3.08. The molecule has 0 spiro atoms. The van der Waals surface area contributed by atoms with E-state index in [4.69, 9.17) is 10.4 Å². The highest BCUT2D eigenvalue weighted by Gasteiger charge is 1.89. The van der Waals surface area contributed by atoms with E-state index < -0.39 is 20.8 Å². The third-order valence-electron chi connectivity index (χ3n) is 2.10. The van der Waals surface area contributed by atoms with Gasteiger partial charge in [-0.1, -0.05) is 0 Å². The van der Waals surface area contributed by atoms with Crippen LogP contribution < -0.4 is 10.1 Å². The van der Waals surface area contributed by atoms with Gasteiger partial charge in [-0.2, -0.15) is 10.1 Å². The van der Waals surface area contributed by atoms with Crippen molar-refractivity contribution in [2.75, 3.05) is 39.9 Å². The molecule has 0 radical (unpaired) electrons. The number of quaternary nitrogens is 2. The minimum atomic E-state index is -4.42. The first-order chi connectivity index (χ1) is 11.2. The van der Waals surface area contributed by atoms with E-state index in [2.05, 4.69) is 8.37 Å². The van der Waals surface area contributed by atoms with E-state index in [9.17, 15) is 25.9 Å². The molecule has 0 aliphatic heterocycles. The van der Waals surface area contributed by atoms with Crippen molar-refractivity contribution in [3.8, 4) is 0 Å². The monoisotopic (exact) mass is 416 g/mol. The van der Waals surface area contributed by atoms with Gasteiger partial charge in [-0.25, -0.2) is 27.3 Å². The average Bonchev–Trinajstić information content (AvgIpc) is 2.53. The molecule has 0 aromatic carbocycles. The zero-order valence-electron chi connectivity index (χ0n) is 15.5. The Kier molecular flexibility index (Phi) is 25.7. The molecule has 158 valence electrons. The van der Waals surface area contributed by atoms with Crippen molar-refractivity contribution >= 4 is 20.8 Å². The fraction of sp³-hybridized carbons (Fsp3) is 1.00. The molecule has 0 saturated carbocycles. The molecule has 0 aliphatic rings. The molecule has 0 saturated heterocycles. The minimum Gasteiger partial charge on any atom is -0.726 e. The van der Waals surface area contributed by atoms with Gasteiger partial charge in [0.1, 0.15) is 26.2 Å². The molecule has 0 amide bonds. The second-order valence-corrected chi connectivity index (χ2v) is 6.14. The van der Waals surface area contributed by atoms with Crippen molar-refractivity contribution in [3.63, 3.8) is 0 Å². The van der Waals surface area contributed by atoms with Gasteiger partial charge >= 0.3 is 0 Å². The lowest BCUT2D eigenvalue weighted by Gasteiger charge is -2.02. The quantitative estimate of drug-likeness (QED) is 0.192. The van der Waals surface area contributed by atoms with Crippen LogP contribution in [0.1, 0.15) is 34.6 Å². The standard InChI is InChI=1S/2C4H11NO.C2H6O4S.CH4O4S/c2*1-3-5(6)4-2;1-2-6-7(3,4)5;1-5-6(2,3)4/h2*6H,3-4H2,1-2H3;2H2,1H3,(H,3,4,5);1H3,(H,2,3,4). The van der Waals surface area contributed by atoms with E-state index in [0.29, 0.717) is 10.1 Å². The molecule has 0 fully saturated rings. The molecular weight excluding hydrogens is 384 g/mol. The van der Waals surface area contributed by atoms with Crippen molar-refractivity contribution in [1.82, 2.24) is 0 Å². The van der Waals surface area contributed by atoms with E-state index >= 15 is 0 Å². The fourth-order valence-electron chi connectivity index (χ4n) is 0.644. The Bertz CT molecular complexity index is 437. The van der Waals surface area contributed by atoms with Crippen LogP contribution >= 0.6 is 0 Å². The zero-order chi connectivity index (χ0) is 21.1. The van der Waals surface area contributed by atoms with Crippen LogP contribution in [0.4, 0.5) is 0 Å². The molecule has 0 atom stereocenters. The molecule has 25 heavy (non-hydrogen) atoms. The van der Waals surface area contributed by atoms with Crippen molar-refractivity contribution in [2.24, 2.45) is 0 Å². The normalized spacial score (nSPS) is 10.9. The Morgan fingerprint density at radius 1 is 0.760 bits per heavy atom. The van der Waals surface area contributed by atoms with E-state index in [1.165, 1.54) is 6.92 Å². The van der Waals surface area contributed by atoms with Gasteiger partial charge in [0.25, 0.3) is 0 Å². The van der Waals surface area contributed by atoms with Crippen molar-refractivity contribution in [3.05, 3.63) is 0 Å². The van der Waals surface area contributed by atoms with E-state index in [1.54, 1.807) is 0 Å². The van der Waals surface area contributed by atoms with Crippen molar-refractivity contribution < 1.29 is 54.8 Å². The molecule has 12 nitrogen and oxygen atoms in total. The summed E-state index contributed by atoms with van der Waals surface area (Å²) in [6, 6.07) is 0. The highest BCUT2D eigenvalue weighted by molar-refractivity contribution is 7.81. The third-order valence-corrected chi connectivity index (χ3v) is 3.03. The topological polar surface area (TPSA) is 182 Å². The highest BCUT2D eigenvalue weighted by Crippen LogP contribution is 1.80. The number of rotatable bonds is 7. The average molecular weight is 417 g/mol. The zero-order valence-corrected chi connectivity index (χ0v) is 17.1. The van der Waals surface area contributed by atoms with Gasteiger partial charge in [-0.05, 0) is 34.6 Å². The first kappa shape index (κ1) is 32.3. The number of hydrogen-bond donors (Lipinski definition) is 4. The summed E-state index contributed by atoms with van der Waals surface area (Å²) in [4.78, 5) is 0. The number of hydroxylamine groups is 4. The third kappa shape index (κ3) is 51.7. The van der Waals surface area contributed by atoms with Crippen LogP contribution in [0.25, 0.3) is 0 Å². The molecule has 0 rings (SSSR count). The maximum absolute atomic E-state index is 9.45. The first-order valence-corrected chi connectivity index (χ1v) is 10.1. The molecule has 0 aromatic heterocycles. The summed E-state index contributed by atoms with van der Waals surface area (Å²) in [6.07, 6.45) is 0. The van der Waals surface area contributed by atoms with E-state index in [1.807, 2.05) is 27.7 Å². The Labute approximate surface area is 150 Å². The molecule has 0 unspecified atom stereocenters. The van der Waals surface area contributed by atoms with Crippen LogP contribution in [-0.4, -0.2) is 76.3 Å². The summed E-state index contributed by atoms with van der Waals surface area (Å²) in [5.41, 5.74) is 0. The van der Waals surface area contributed by atoms with Crippen LogP contribution in [0.3, 0.4) is 0 Å². The second kappa shape index (κ2) is 19.9. The van der Waals surface area contributed by atoms with Crippen molar-refractivity contribution in [1.29, 1.82) is 0 Å². The van der Waals surface area contributed by atoms with Gasteiger partial charge < -0.3 is 9.11 Å². The number of hydrogen-bond acceptors (Lipinski definition) is 10. The second-order valence-electron chi connectivity index (χ2n) is 3.94. The van der Waals surface area contributed by atoms with E-state index in [0.717, 1.165) is 33.3 Å². The van der Waals surface area contributed by atoms with Crippen LogP contribution in [0.15, 0.2) is 0 Å². The minimum absolute atomic E-state index is 0.0914. The van der Waals surface area contributed by atoms with Crippen molar-refractivity contribution in [2.45, 2.75) is 34.6 Å². The highest BCUT2D eigenvalue weighted by atomic mass is 32.3. The SMILES string of the molecule is CCOS(=O)(=O)[O-].CC[NH+](O)CC.CC[NH+](O)CC.COS(=O)(=O)[O-]. The predicted octanol–water partition coefficient (Wildman–Crippen LogP) is -2.82. The van der Waals surface area contributed by atoms with Crippen LogP contribution in [0.2, 0.25) is 0 Å². The summed E-state index contributed by atoms with van der Waals surface area (Å²) in [6.45, 7) is 12.3. The molecule has 0 bridgehead atoms. The lowest BCUT2D eigenvalue weighted by molar-refractivity contribution is -1.08. The van der Waals surface area contributed by atoms with Gasteiger partial charge in [-0.15, -0.1) is 0 Å². The summed E-state index contributed by atoms with van der Waals surface area (Å²) >= 11 is 0. The maximum Gasteiger partial charge on any atom is 0.217 e. The molecular formula is C11H32N2O10S2. The molecule has 0 aromatic rings. The van der Waals surface area contributed by atoms with Gasteiger partial charge in [0.2, 0.25) is 20.8 Å². The van der Waals surface area contributed by atoms with Gasteiger partial charge in [0, 0.05) is 0 Å². The molecule has 14 heteroatoms. The predicted molar refractivity (Wildman–Crippen MR) is 85.7 cm³/mol. The Morgan fingerprint density at radius 3 is 1.00 bits per heavy atom. The fourth-order valence-corrected chi connectivity index (χ4v) is 0.933. The van der Waals surface area contributed by atoms with Gasteiger partial charge in [-0.3, -0.25) is 8.37 Å². The summed E-state index contributed by atoms with van der Waals surface area (Å²) < 4.78 is 63.0. The van der Waals surface area contributed by atoms with Gasteiger partial charge in [0.15, 0.2) is 0 Å². The summed E-state index contributed by atoms with van der Waals surface area (Å²) in [5, 5.41) is 18.4. The maximum atomic E-state index is 9.45. The van der Waals surface area contributed by atoms with Gasteiger partial charge in [0.05, 0.1) is 13.7 Å². The van der Waals surface area contributed by atoms with E-state index in [-0.39, 0.29) is 6.61 Å². The van der Waals surface area contributed by atoms with Crippen LogP contribution in [0, 0.1) is 0 Å². The molecule has 0 aliphatic carbocycles. The number of nitrogens with one attached hydrogen (secondary N) is 2. The Morgan fingerprint density at radius 2 is 1.00 bits per heavy atom. The summed E-state index contributed by atoms with van der Waals surface area (Å²) in [5.74, 6) is 0. The Hall–Kier alpha value is -0.420. The first-order valence-electron chi connectivity index (χ1n) is 7.43. The smallest absolute Gasteiger partial charge is 0.217 e. The van der Waals surface area contributed by atoms with Crippen LogP contribution in [0.5, 0.6) is 0 Å². The summed E-state index contributed by atoms with van der Waals surface area (Å²) in [7, 11) is -8.03. The largest absolute Gasteiger partial charge is 0.726 e.